The Labute approximate surface area is 131 Å². The topological polar surface area (TPSA) is 53.4 Å². The van der Waals surface area contributed by atoms with Gasteiger partial charge in [-0.05, 0) is 44.9 Å². The summed E-state index contributed by atoms with van der Waals surface area (Å²) in [6.07, 6.45) is 3.68. The third kappa shape index (κ3) is 3.57. The van der Waals surface area contributed by atoms with Gasteiger partial charge >= 0.3 is 5.97 Å². The number of thiazole rings is 1. The van der Waals surface area contributed by atoms with Gasteiger partial charge in [0.15, 0.2) is 5.13 Å². The lowest BCUT2D eigenvalue weighted by molar-refractivity contribution is -0.142. The molecule has 1 fully saturated rings. The Bertz CT molecular complexity index is 496. The van der Waals surface area contributed by atoms with Crippen molar-refractivity contribution in [3.8, 4) is 0 Å². The van der Waals surface area contributed by atoms with E-state index in [1.165, 1.54) is 19.3 Å². The first-order valence-corrected chi connectivity index (χ1v) is 8.64. The lowest BCUT2D eigenvalue weighted by Crippen LogP contribution is -2.29. The average molecular weight is 310 g/mol. The van der Waals surface area contributed by atoms with Crippen molar-refractivity contribution in [1.29, 1.82) is 0 Å². The van der Waals surface area contributed by atoms with E-state index in [4.69, 9.17) is 0 Å². The van der Waals surface area contributed by atoms with Gasteiger partial charge in [-0.3, -0.25) is 4.79 Å². The molecule has 0 spiro atoms. The van der Waals surface area contributed by atoms with Crippen LogP contribution in [0.25, 0.3) is 0 Å². The molecule has 118 valence electrons. The van der Waals surface area contributed by atoms with Gasteiger partial charge in [0.25, 0.3) is 0 Å². The van der Waals surface area contributed by atoms with E-state index < -0.39 is 11.4 Å². The van der Waals surface area contributed by atoms with Crippen molar-refractivity contribution in [2.75, 3.05) is 18.0 Å². The molecule has 1 saturated heterocycles. The number of hydrogen-bond donors (Lipinski definition) is 1. The lowest BCUT2D eigenvalue weighted by Gasteiger charge is -2.21. The van der Waals surface area contributed by atoms with E-state index in [0.717, 1.165) is 30.1 Å². The van der Waals surface area contributed by atoms with Crippen molar-refractivity contribution in [3.63, 3.8) is 0 Å². The number of carboxylic acids is 1. The van der Waals surface area contributed by atoms with Gasteiger partial charge in [0, 0.05) is 18.5 Å². The Morgan fingerprint density at radius 1 is 1.43 bits per heavy atom. The van der Waals surface area contributed by atoms with Gasteiger partial charge in [0.1, 0.15) is 5.41 Å². The maximum absolute atomic E-state index is 11.3. The van der Waals surface area contributed by atoms with Gasteiger partial charge in [-0.1, -0.05) is 13.8 Å². The van der Waals surface area contributed by atoms with Crippen LogP contribution in [0, 0.1) is 11.8 Å². The van der Waals surface area contributed by atoms with Gasteiger partial charge < -0.3 is 10.0 Å². The first kappa shape index (κ1) is 16.3. The van der Waals surface area contributed by atoms with Crippen LogP contribution in [-0.2, 0) is 10.2 Å². The minimum Gasteiger partial charge on any atom is -0.481 e. The Balaban J connectivity index is 2.10. The number of carboxylic acid groups (broad SMARTS) is 1. The fraction of sp³-hybridized carbons (Fsp3) is 0.750. The van der Waals surface area contributed by atoms with E-state index in [1.807, 2.05) is 5.38 Å². The number of nitrogens with zero attached hydrogens (tertiary/aromatic N) is 2. The van der Waals surface area contributed by atoms with E-state index >= 15 is 0 Å². The number of carbonyl (C=O) groups is 1. The molecule has 0 aromatic carbocycles. The molecule has 1 aromatic heterocycles. The van der Waals surface area contributed by atoms with Crippen LogP contribution < -0.4 is 4.90 Å². The third-order valence-corrected chi connectivity index (χ3v) is 5.55. The molecule has 1 unspecified atom stereocenters. The molecule has 1 atom stereocenters. The molecule has 0 saturated carbocycles. The van der Waals surface area contributed by atoms with Crippen LogP contribution in [0.1, 0.15) is 52.7 Å². The fourth-order valence-corrected chi connectivity index (χ4v) is 3.83. The lowest BCUT2D eigenvalue weighted by atomic mass is 9.89. The molecule has 1 aromatic rings. The van der Waals surface area contributed by atoms with Crippen molar-refractivity contribution >= 4 is 22.4 Å². The van der Waals surface area contributed by atoms with Crippen LogP contribution in [0.5, 0.6) is 0 Å². The van der Waals surface area contributed by atoms with Gasteiger partial charge in [-0.15, -0.1) is 11.3 Å². The van der Waals surface area contributed by atoms with Gasteiger partial charge in [0.05, 0.1) is 5.69 Å². The van der Waals surface area contributed by atoms with Crippen LogP contribution >= 0.6 is 11.3 Å². The number of anilines is 1. The van der Waals surface area contributed by atoms with Crippen molar-refractivity contribution in [2.24, 2.45) is 11.8 Å². The van der Waals surface area contributed by atoms with Gasteiger partial charge in [0.2, 0.25) is 0 Å². The minimum atomic E-state index is -0.916. The highest BCUT2D eigenvalue weighted by Crippen LogP contribution is 2.32. The Kier molecular flexibility index (Phi) is 4.91. The standard InChI is InChI=1S/C16H26N2O2S/c1-11(2)12-6-5-8-18(9-7-12)15-17-13(10-21-15)16(3,4)14(19)20/h10-12H,5-9H2,1-4H3,(H,19,20). The van der Waals surface area contributed by atoms with E-state index in [0.29, 0.717) is 5.69 Å². The second kappa shape index (κ2) is 6.34. The SMILES string of the molecule is CC(C)C1CCCN(c2nc(C(C)(C)C(=O)O)cs2)CC1. The van der Waals surface area contributed by atoms with Crippen LogP contribution in [0.15, 0.2) is 5.38 Å². The van der Waals surface area contributed by atoms with Crippen molar-refractivity contribution in [3.05, 3.63) is 11.1 Å². The zero-order valence-corrected chi connectivity index (χ0v) is 14.2. The maximum Gasteiger partial charge on any atom is 0.315 e. The first-order valence-electron chi connectivity index (χ1n) is 7.76. The maximum atomic E-state index is 11.3. The molecule has 2 rings (SSSR count). The molecule has 0 radical (unpaired) electrons. The largest absolute Gasteiger partial charge is 0.481 e. The van der Waals surface area contributed by atoms with Gasteiger partial charge in [-0.2, -0.15) is 0 Å². The Morgan fingerprint density at radius 3 is 2.76 bits per heavy atom. The second-order valence-electron chi connectivity index (χ2n) is 6.87. The number of aliphatic carboxylic acids is 1. The number of hydrogen-bond acceptors (Lipinski definition) is 4. The van der Waals surface area contributed by atoms with Crippen LogP contribution in [0.3, 0.4) is 0 Å². The van der Waals surface area contributed by atoms with Crippen LogP contribution in [0.4, 0.5) is 5.13 Å². The molecule has 4 nitrogen and oxygen atoms in total. The summed E-state index contributed by atoms with van der Waals surface area (Å²) in [4.78, 5) is 18.3. The highest BCUT2D eigenvalue weighted by atomic mass is 32.1. The molecule has 0 aliphatic carbocycles. The zero-order valence-electron chi connectivity index (χ0n) is 13.4. The fourth-order valence-electron chi connectivity index (χ4n) is 2.79. The van der Waals surface area contributed by atoms with Crippen molar-refractivity contribution in [2.45, 2.75) is 52.4 Å². The highest BCUT2D eigenvalue weighted by Gasteiger charge is 2.33. The average Bonchev–Trinajstić information content (AvgIpc) is 2.77. The van der Waals surface area contributed by atoms with Gasteiger partial charge in [-0.25, -0.2) is 4.98 Å². The molecule has 21 heavy (non-hydrogen) atoms. The van der Waals surface area contributed by atoms with E-state index in [-0.39, 0.29) is 0 Å². The third-order valence-electron chi connectivity index (χ3n) is 4.65. The molecular formula is C16H26N2O2S. The first-order chi connectivity index (χ1) is 9.82. The quantitative estimate of drug-likeness (QED) is 0.920. The Hall–Kier alpha value is -1.10. The second-order valence-corrected chi connectivity index (χ2v) is 7.70. The number of aromatic nitrogens is 1. The molecule has 5 heteroatoms. The monoisotopic (exact) mass is 310 g/mol. The van der Waals surface area contributed by atoms with E-state index in [2.05, 4.69) is 23.7 Å². The molecule has 0 bridgehead atoms. The van der Waals surface area contributed by atoms with E-state index in [9.17, 15) is 9.90 Å². The molecule has 1 aliphatic heterocycles. The number of rotatable bonds is 4. The Morgan fingerprint density at radius 2 is 2.14 bits per heavy atom. The molecule has 1 aliphatic rings. The summed E-state index contributed by atoms with van der Waals surface area (Å²) in [6.45, 7) is 10.1. The molecular weight excluding hydrogens is 284 g/mol. The summed E-state index contributed by atoms with van der Waals surface area (Å²) >= 11 is 1.57. The zero-order chi connectivity index (χ0) is 15.6. The summed E-state index contributed by atoms with van der Waals surface area (Å²) in [5.41, 5.74) is -0.249. The smallest absolute Gasteiger partial charge is 0.315 e. The van der Waals surface area contributed by atoms with Crippen molar-refractivity contribution < 1.29 is 9.90 Å². The molecule has 2 heterocycles. The molecule has 0 amide bonds. The predicted molar refractivity (Wildman–Crippen MR) is 87.2 cm³/mol. The summed E-state index contributed by atoms with van der Waals surface area (Å²) in [5.74, 6) is 0.711. The summed E-state index contributed by atoms with van der Waals surface area (Å²) in [6, 6.07) is 0. The minimum absolute atomic E-state index is 0.666. The summed E-state index contributed by atoms with van der Waals surface area (Å²) in [7, 11) is 0. The van der Waals surface area contributed by atoms with Crippen LogP contribution in [0.2, 0.25) is 0 Å². The summed E-state index contributed by atoms with van der Waals surface area (Å²) < 4.78 is 0. The van der Waals surface area contributed by atoms with Crippen LogP contribution in [-0.4, -0.2) is 29.1 Å². The normalized spacial score (nSPS) is 20.6. The van der Waals surface area contributed by atoms with Crippen molar-refractivity contribution in [1.82, 2.24) is 4.98 Å². The highest BCUT2D eigenvalue weighted by molar-refractivity contribution is 7.13. The molecule has 1 N–H and O–H groups in total. The summed E-state index contributed by atoms with van der Waals surface area (Å²) in [5, 5.41) is 12.2. The van der Waals surface area contributed by atoms with E-state index in [1.54, 1.807) is 25.2 Å². The predicted octanol–water partition coefficient (Wildman–Crippen LogP) is 3.77.